The number of hydrogen-bond acceptors (Lipinski definition) is 2. The van der Waals surface area contributed by atoms with Gasteiger partial charge in [0, 0.05) is 24.5 Å². The lowest BCUT2D eigenvalue weighted by Crippen LogP contribution is -2.08. The Morgan fingerprint density at radius 2 is 2.16 bits per heavy atom. The van der Waals surface area contributed by atoms with E-state index in [1.807, 2.05) is 18.3 Å². The summed E-state index contributed by atoms with van der Waals surface area (Å²) in [6.45, 7) is 3.71. The molecule has 0 aliphatic heterocycles. The molecule has 0 saturated carbocycles. The molecule has 0 amide bonds. The molecule has 3 nitrogen and oxygen atoms in total. The fourth-order valence-electron chi connectivity index (χ4n) is 2.02. The first kappa shape index (κ1) is 13.5. The highest BCUT2D eigenvalue weighted by molar-refractivity contribution is 5.49. The van der Waals surface area contributed by atoms with Gasteiger partial charge < -0.3 is 14.6 Å². The highest BCUT2D eigenvalue weighted by atomic mass is 19.1. The fourth-order valence-corrected chi connectivity index (χ4v) is 2.02. The van der Waals surface area contributed by atoms with Crippen molar-refractivity contribution in [2.75, 3.05) is 12.4 Å². The number of anilines is 1. The lowest BCUT2D eigenvalue weighted by Gasteiger charge is -2.11. The second-order valence-corrected chi connectivity index (χ2v) is 4.39. The van der Waals surface area contributed by atoms with Crippen LogP contribution in [0.5, 0.6) is 5.75 Å². The molecule has 0 unspecified atom stereocenters. The first-order valence-corrected chi connectivity index (χ1v) is 6.46. The van der Waals surface area contributed by atoms with Gasteiger partial charge in [-0.1, -0.05) is 6.92 Å². The third-order valence-electron chi connectivity index (χ3n) is 3.02. The molecule has 1 heterocycles. The van der Waals surface area contributed by atoms with E-state index in [9.17, 15) is 4.39 Å². The molecule has 19 heavy (non-hydrogen) atoms. The van der Waals surface area contributed by atoms with Crippen LogP contribution in [0.3, 0.4) is 0 Å². The lowest BCUT2D eigenvalue weighted by molar-refractivity contribution is 0.414. The molecule has 0 aliphatic carbocycles. The van der Waals surface area contributed by atoms with Gasteiger partial charge in [0.15, 0.2) is 0 Å². The molecule has 0 bridgehead atoms. The Morgan fingerprint density at radius 3 is 2.89 bits per heavy atom. The normalized spacial score (nSPS) is 10.5. The molecule has 1 aromatic carbocycles. The van der Waals surface area contributed by atoms with E-state index in [0.29, 0.717) is 18.0 Å². The van der Waals surface area contributed by atoms with Crippen LogP contribution in [0.15, 0.2) is 36.5 Å². The van der Waals surface area contributed by atoms with Crippen LogP contribution >= 0.6 is 0 Å². The SMILES string of the molecule is CCCn1cccc1CNc1cc(OC)ccc1F. The number of nitrogens with zero attached hydrogens (tertiary/aromatic N) is 1. The second-order valence-electron chi connectivity index (χ2n) is 4.39. The zero-order chi connectivity index (χ0) is 13.7. The predicted octanol–water partition coefficient (Wildman–Crippen LogP) is 3.66. The molecule has 1 aromatic heterocycles. The number of ether oxygens (including phenoxy) is 1. The number of hydrogen-bond donors (Lipinski definition) is 1. The first-order valence-electron chi connectivity index (χ1n) is 6.46. The highest BCUT2D eigenvalue weighted by Gasteiger charge is 2.05. The van der Waals surface area contributed by atoms with Crippen molar-refractivity contribution in [1.82, 2.24) is 4.57 Å². The summed E-state index contributed by atoms with van der Waals surface area (Å²) in [7, 11) is 1.57. The smallest absolute Gasteiger partial charge is 0.146 e. The average Bonchev–Trinajstić information content (AvgIpc) is 2.86. The summed E-state index contributed by atoms with van der Waals surface area (Å²) in [5.74, 6) is 0.377. The monoisotopic (exact) mass is 262 g/mol. The topological polar surface area (TPSA) is 26.2 Å². The maximum Gasteiger partial charge on any atom is 0.146 e. The first-order chi connectivity index (χ1) is 9.24. The van der Waals surface area contributed by atoms with Crippen LogP contribution in [0, 0.1) is 5.82 Å². The van der Waals surface area contributed by atoms with Gasteiger partial charge in [-0.05, 0) is 30.7 Å². The Labute approximate surface area is 113 Å². The number of benzene rings is 1. The molecule has 0 saturated heterocycles. The van der Waals surface area contributed by atoms with E-state index >= 15 is 0 Å². The van der Waals surface area contributed by atoms with Crippen LogP contribution in [0.2, 0.25) is 0 Å². The maximum atomic E-state index is 13.7. The van der Waals surface area contributed by atoms with Crippen molar-refractivity contribution in [3.8, 4) is 5.75 Å². The molecular weight excluding hydrogens is 243 g/mol. The van der Waals surface area contributed by atoms with Crippen molar-refractivity contribution in [3.05, 3.63) is 48.0 Å². The van der Waals surface area contributed by atoms with Crippen LogP contribution in [0.4, 0.5) is 10.1 Å². The van der Waals surface area contributed by atoms with E-state index in [2.05, 4.69) is 16.8 Å². The van der Waals surface area contributed by atoms with E-state index < -0.39 is 0 Å². The Balaban J connectivity index is 2.07. The Morgan fingerprint density at radius 1 is 1.32 bits per heavy atom. The maximum absolute atomic E-state index is 13.7. The van der Waals surface area contributed by atoms with Gasteiger partial charge in [-0.25, -0.2) is 4.39 Å². The largest absolute Gasteiger partial charge is 0.497 e. The Bertz CT molecular complexity index is 537. The fraction of sp³-hybridized carbons (Fsp3) is 0.333. The summed E-state index contributed by atoms with van der Waals surface area (Å²) in [6.07, 6.45) is 3.12. The molecule has 0 spiro atoms. The van der Waals surface area contributed by atoms with Gasteiger partial charge in [0.1, 0.15) is 11.6 Å². The molecule has 0 atom stereocenters. The zero-order valence-corrected chi connectivity index (χ0v) is 11.3. The van der Waals surface area contributed by atoms with Crippen molar-refractivity contribution < 1.29 is 9.13 Å². The van der Waals surface area contributed by atoms with Crippen LogP contribution < -0.4 is 10.1 Å². The summed E-state index contributed by atoms with van der Waals surface area (Å²) >= 11 is 0. The van der Waals surface area contributed by atoms with Gasteiger partial charge in [-0.15, -0.1) is 0 Å². The third kappa shape index (κ3) is 3.28. The van der Waals surface area contributed by atoms with Crippen LogP contribution in [0.1, 0.15) is 19.0 Å². The van der Waals surface area contributed by atoms with Crippen molar-refractivity contribution in [3.63, 3.8) is 0 Å². The van der Waals surface area contributed by atoms with Crippen molar-refractivity contribution in [1.29, 1.82) is 0 Å². The van der Waals surface area contributed by atoms with Gasteiger partial charge in [-0.2, -0.15) is 0 Å². The molecule has 0 aliphatic rings. The third-order valence-corrected chi connectivity index (χ3v) is 3.02. The van der Waals surface area contributed by atoms with E-state index in [1.54, 1.807) is 19.2 Å². The molecule has 2 rings (SSSR count). The minimum absolute atomic E-state index is 0.269. The number of rotatable bonds is 6. The second kappa shape index (κ2) is 6.27. The highest BCUT2D eigenvalue weighted by Crippen LogP contribution is 2.21. The summed E-state index contributed by atoms with van der Waals surface area (Å²) in [6, 6.07) is 8.74. The lowest BCUT2D eigenvalue weighted by atomic mass is 10.2. The molecule has 0 radical (unpaired) electrons. The Kier molecular flexibility index (Phi) is 4.44. The Hall–Kier alpha value is -1.97. The van der Waals surface area contributed by atoms with Gasteiger partial charge in [-0.3, -0.25) is 0 Å². The number of halogens is 1. The van der Waals surface area contributed by atoms with E-state index in [4.69, 9.17) is 4.74 Å². The van der Waals surface area contributed by atoms with Gasteiger partial charge in [0.05, 0.1) is 19.3 Å². The summed E-state index contributed by atoms with van der Waals surface area (Å²) in [5, 5.41) is 3.11. The predicted molar refractivity (Wildman–Crippen MR) is 75.0 cm³/mol. The summed E-state index contributed by atoms with van der Waals surface area (Å²) in [4.78, 5) is 0. The number of nitrogens with one attached hydrogen (secondary N) is 1. The van der Waals surface area contributed by atoms with Crippen molar-refractivity contribution >= 4 is 5.69 Å². The van der Waals surface area contributed by atoms with Crippen LogP contribution in [-0.2, 0) is 13.1 Å². The zero-order valence-electron chi connectivity index (χ0n) is 11.3. The van der Waals surface area contributed by atoms with Gasteiger partial charge in [0.25, 0.3) is 0 Å². The van der Waals surface area contributed by atoms with E-state index in [0.717, 1.165) is 18.7 Å². The molecule has 0 fully saturated rings. The van der Waals surface area contributed by atoms with Crippen LogP contribution in [-0.4, -0.2) is 11.7 Å². The minimum atomic E-state index is -0.269. The van der Waals surface area contributed by atoms with Crippen molar-refractivity contribution in [2.24, 2.45) is 0 Å². The molecular formula is C15H19FN2O. The van der Waals surface area contributed by atoms with E-state index in [1.165, 1.54) is 6.07 Å². The van der Waals surface area contributed by atoms with E-state index in [-0.39, 0.29) is 5.82 Å². The molecule has 4 heteroatoms. The van der Waals surface area contributed by atoms with Crippen LogP contribution in [0.25, 0.3) is 0 Å². The quantitative estimate of drug-likeness (QED) is 0.860. The summed E-state index contributed by atoms with van der Waals surface area (Å²) in [5.41, 5.74) is 1.60. The van der Waals surface area contributed by atoms with Crippen molar-refractivity contribution in [2.45, 2.75) is 26.4 Å². The minimum Gasteiger partial charge on any atom is -0.497 e. The molecule has 102 valence electrons. The van der Waals surface area contributed by atoms with Gasteiger partial charge >= 0.3 is 0 Å². The number of aromatic nitrogens is 1. The van der Waals surface area contributed by atoms with Gasteiger partial charge in [0.2, 0.25) is 0 Å². The molecule has 2 aromatic rings. The summed E-state index contributed by atoms with van der Waals surface area (Å²) < 4.78 is 20.9. The molecule has 1 N–H and O–H groups in total. The number of methoxy groups -OCH3 is 1. The standard InChI is InChI=1S/C15H19FN2O/c1-3-8-18-9-4-5-12(18)11-17-15-10-13(19-2)6-7-14(15)16/h4-7,9-10,17H,3,8,11H2,1-2H3. The number of aryl methyl sites for hydroxylation is 1. The average molecular weight is 262 g/mol.